The van der Waals surface area contributed by atoms with Crippen molar-refractivity contribution in [1.82, 2.24) is 0 Å². The molecule has 2 N–H and O–H groups in total. The first-order chi connectivity index (χ1) is 5.04. The zero-order valence-electron chi connectivity index (χ0n) is 8.17. The van der Waals surface area contributed by atoms with Gasteiger partial charge < -0.3 is 5.73 Å². The van der Waals surface area contributed by atoms with Gasteiger partial charge in [-0.1, -0.05) is 27.7 Å². The molecule has 11 heavy (non-hydrogen) atoms. The van der Waals surface area contributed by atoms with Gasteiger partial charge in [0, 0.05) is 6.04 Å². The molecule has 0 radical (unpaired) electrons. The fourth-order valence-corrected chi connectivity index (χ4v) is 2.09. The minimum absolute atomic E-state index is 0.432. The van der Waals surface area contributed by atoms with Gasteiger partial charge in [0.05, 0.1) is 0 Å². The molecule has 1 rings (SSSR count). The summed E-state index contributed by atoms with van der Waals surface area (Å²) in [6.45, 7) is 9.11. The highest BCUT2D eigenvalue weighted by Gasteiger charge is 2.38. The van der Waals surface area contributed by atoms with Gasteiger partial charge in [-0.25, -0.2) is 0 Å². The fraction of sp³-hybridized carbons (Fsp3) is 1.00. The highest BCUT2D eigenvalue weighted by molar-refractivity contribution is 4.91. The molecule has 0 aliphatic heterocycles. The summed E-state index contributed by atoms with van der Waals surface area (Å²) in [5.74, 6) is 3.21. The molecule has 0 amide bonds. The molecule has 0 heterocycles. The maximum atomic E-state index is 6.07. The number of nitrogens with two attached hydrogens (primary N) is 1. The molecule has 0 aromatic heterocycles. The van der Waals surface area contributed by atoms with Crippen LogP contribution in [-0.2, 0) is 0 Å². The summed E-state index contributed by atoms with van der Waals surface area (Å²) in [7, 11) is 0. The second kappa shape index (κ2) is 3.14. The molecule has 1 fully saturated rings. The van der Waals surface area contributed by atoms with Crippen LogP contribution in [0.2, 0.25) is 0 Å². The lowest BCUT2D eigenvalue weighted by atomic mass is 9.62. The van der Waals surface area contributed by atoms with E-state index in [0.29, 0.717) is 12.0 Å². The SMILES string of the molecule is CC(C)C(N)C1CC(C)C1C. The molecule has 0 spiro atoms. The topological polar surface area (TPSA) is 26.0 Å². The van der Waals surface area contributed by atoms with Crippen LogP contribution in [0.3, 0.4) is 0 Å². The van der Waals surface area contributed by atoms with Gasteiger partial charge in [-0.05, 0) is 30.1 Å². The quantitative estimate of drug-likeness (QED) is 0.650. The fourth-order valence-electron chi connectivity index (χ4n) is 2.09. The van der Waals surface area contributed by atoms with Crippen LogP contribution in [0, 0.1) is 23.7 Å². The summed E-state index contributed by atoms with van der Waals surface area (Å²) in [4.78, 5) is 0. The molecule has 4 atom stereocenters. The lowest BCUT2D eigenvalue weighted by molar-refractivity contribution is 0.0641. The van der Waals surface area contributed by atoms with E-state index in [2.05, 4.69) is 27.7 Å². The Bertz CT molecular complexity index is 131. The Kier molecular flexibility index (Phi) is 2.58. The van der Waals surface area contributed by atoms with E-state index in [1.54, 1.807) is 0 Å². The van der Waals surface area contributed by atoms with Crippen molar-refractivity contribution < 1.29 is 0 Å². The van der Waals surface area contributed by atoms with Crippen molar-refractivity contribution in [2.24, 2.45) is 29.4 Å². The van der Waals surface area contributed by atoms with Crippen LogP contribution in [0.4, 0.5) is 0 Å². The Morgan fingerprint density at radius 2 is 1.82 bits per heavy atom. The van der Waals surface area contributed by atoms with Crippen LogP contribution >= 0.6 is 0 Å². The summed E-state index contributed by atoms with van der Waals surface area (Å²) < 4.78 is 0. The van der Waals surface area contributed by atoms with E-state index >= 15 is 0 Å². The third kappa shape index (κ3) is 1.58. The standard InChI is InChI=1S/C10H21N/c1-6(2)10(11)9-5-7(3)8(9)4/h6-10H,5,11H2,1-4H3. The van der Waals surface area contributed by atoms with Crippen LogP contribution in [0.15, 0.2) is 0 Å². The lowest BCUT2D eigenvalue weighted by Crippen LogP contribution is -2.47. The van der Waals surface area contributed by atoms with Crippen LogP contribution in [0.1, 0.15) is 34.1 Å². The maximum absolute atomic E-state index is 6.07. The van der Waals surface area contributed by atoms with Crippen molar-refractivity contribution in [3.05, 3.63) is 0 Å². The Labute approximate surface area is 70.4 Å². The average Bonchev–Trinajstić information content (AvgIpc) is 1.98. The normalized spacial score (nSPS) is 40.4. The lowest BCUT2D eigenvalue weighted by Gasteiger charge is -2.45. The second-order valence-corrected chi connectivity index (χ2v) is 4.56. The molecular weight excluding hydrogens is 134 g/mol. The molecule has 0 saturated heterocycles. The monoisotopic (exact) mass is 155 g/mol. The van der Waals surface area contributed by atoms with Crippen molar-refractivity contribution in [3.8, 4) is 0 Å². The molecular formula is C10H21N. The van der Waals surface area contributed by atoms with Gasteiger partial charge in [-0.15, -0.1) is 0 Å². The van der Waals surface area contributed by atoms with Crippen molar-refractivity contribution in [1.29, 1.82) is 0 Å². The third-order valence-electron chi connectivity index (χ3n) is 3.48. The summed E-state index contributed by atoms with van der Waals surface area (Å²) in [6.07, 6.45) is 1.35. The largest absolute Gasteiger partial charge is 0.327 e. The number of hydrogen-bond donors (Lipinski definition) is 1. The zero-order valence-corrected chi connectivity index (χ0v) is 8.17. The Morgan fingerprint density at radius 3 is 2.09 bits per heavy atom. The maximum Gasteiger partial charge on any atom is 0.00931 e. The molecule has 66 valence electrons. The molecule has 1 saturated carbocycles. The van der Waals surface area contributed by atoms with E-state index < -0.39 is 0 Å². The zero-order chi connectivity index (χ0) is 8.59. The van der Waals surface area contributed by atoms with Crippen LogP contribution in [-0.4, -0.2) is 6.04 Å². The van der Waals surface area contributed by atoms with E-state index in [1.807, 2.05) is 0 Å². The minimum Gasteiger partial charge on any atom is -0.327 e. The van der Waals surface area contributed by atoms with Gasteiger partial charge in [0.25, 0.3) is 0 Å². The van der Waals surface area contributed by atoms with Crippen LogP contribution in [0.25, 0.3) is 0 Å². The van der Waals surface area contributed by atoms with Gasteiger partial charge >= 0.3 is 0 Å². The molecule has 4 unspecified atom stereocenters. The second-order valence-electron chi connectivity index (χ2n) is 4.56. The average molecular weight is 155 g/mol. The summed E-state index contributed by atoms with van der Waals surface area (Å²) in [6, 6.07) is 0.432. The minimum atomic E-state index is 0.432. The number of rotatable bonds is 2. The van der Waals surface area contributed by atoms with Gasteiger partial charge in [-0.3, -0.25) is 0 Å². The van der Waals surface area contributed by atoms with E-state index in [0.717, 1.165) is 17.8 Å². The van der Waals surface area contributed by atoms with Crippen LogP contribution < -0.4 is 5.73 Å². The van der Waals surface area contributed by atoms with E-state index in [4.69, 9.17) is 5.73 Å². The number of hydrogen-bond acceptors (Lipinski definition) is 1. The first kappa shape index (κ1) is 9.05. The smallest absolute Gasteiger partial charge is 0.00931 e. The summed E-state index contributed by atoms with van der Waals surface area (Å²) in [5.41, 5.74) is 6.07. The van der Waals surface area contributed by atoms with Gasteiger partial charge in [0.15, 0.2) is 0 Å². The highest BCUT2D eigenvalue weighted by atomic mass is 14.7. The van der Waals surface area contributed by atoms with Crippen molar-refractivity contribution in [2.45, 2.75) is 40.2 Å². The Balaban J connectivity index is 2.39. The van der Waals surface area contributed by atoms with E-state index in [-0.39, 0.29) is 0 Å². The first-order valence-electron chi connectivity index (χ1n) is 4.79. The third-order valence-corrected chi connectivity index (χ3v) is 3.48. The summed E-state index contributed by atoms with van der Waals surface area (Å²) >= 11 is 0. The van der Waals surface area contributed by atoms with Gasteiger partial charge in [0.1, 0.15) is 0 Å². The molecule has 0 aromatic rings. The van der Waals surface area contributed by atoms with Crippen molar-refractivity contribution in [3.63, 3.8) is 0 Å². The Hall–Kier alpha value is -0.0400. The molecule has 0 aromatic carbocycles. The van der Waals surface area contributed by atoms with E-state index in [9.17, 15) is 0 Å². The first-order valence-corrected chi connectivity index (χ1v) is 4.79. The Morgan fingerprint density at radius 1 is 1.27 bits per heavy atom. The van der Waals surface area contributed by atoms with E-state index in [1.165, 1.54) is 6.42 Å². The van der Waals surface area contributed by atoms with Crippen molar-refractivity contribution >= 4 is 0 Å². The predicted octanol–water partition coefficient (Wildman–Crippen LogP) is 2.26. The molecule has 1 nitrogen and oxygen atoms in total. The predicted molar refractivity (Wildman–Crippen MR) is 49.2 cm³/mol. The molecule has 1 aliphatic carbocycles. The van der Waals surface area contributed by atoms with Gasteiger partial charge in [0.2, 0.25) is 0 Å². The van der Waals surface area contributed by atoms with Gasteiger partial charge in [-0.2, -0.15) is 0 Å². The highest BCUT2D eigenvalue weighted by Crippen LogP contribution is 2.42. The van der Waals surface area contributed by atoms with Crippen molar-refractivity contribution in [2.75, 3.05) is 0 Å². The summed E-state index contributed by atoms with van der Waals surface area (Å²) in [5, 5.41) is 0. The molecule has 1 heteroatoms. The van der Waals surface area contributed by atoms with Crippen LogP contribution in [0.5, 0.6) is 0 Å². The molecule has 0 bridgehead atoms. The molecule has 1 aliphatic rings.